The summed E-state index contributed by atoms with van der Waals surface area (Å²) in [7, 11) is 0. The molecule has 96 valence electrons. The van der Waals surface area contributed by atoms with Crippen molar-refractivity contribution in [1.29, 1.82) is 0 Å². The average molecular weight is 331 g/mol. The molecule has 1 heterocycles. The van der Waals surface area contributed by atoms with Crippen LogP contribution >= 0.6 is 27.5 Å². The second-order valence-electron chi connectivity index (χ2n) is 3.64. The van der Waals surface area contributed by atoms with Crippen LogP contribution in [0.3, 0.4) is 0 Å². The van der Waals surface area contributed by atoms with Gasteiger partial charge in [0.25, 0.3) is 0 Å². The van der Waals surface area contributed by atoms with Crippen LogP contribution < -0.4 is 4.74 Å². The summed E-state index contributed by atoms with van der Waals surface area (Å²) in [6.45, 7) is 3.14. The molecule has 0 radical (unpaired) electrons. The molecule has 0 aliphatic carbocycles. The summed E-state index contributed by atoms with van der Waals surface area (Å²) in [6, 6.07) is 5.69. The number of benzene rings is 1. The predicted molar refractivity (Wildman–Crippen MR) is 74.1 cm³/mol. The Morgan fingerprint density at radius 2 is 2.28 bits per heavy atom. The molecule has 1 aromatic heterocycles. The molecule has 4 nitrogen and oxygen atoms in total. The van der Waals surface area contributed by atoms with E-state index in [9.17, 15) is 0 Å². The summed E-state index contributed by atoms with van der Waals surface area (Å²) in [5.41, 5.74) is 1.02. The first-order valence-corrected chi connectivity index (χ1v) is 7.09. The summed E-state index contributed by atoms with van der Waals surface area (Å²) < 4.78 is 7.56. The highest BCUT2D eigenvalue weighted by Gasteiger charge is 2.10. The lowest BCUT2D eigenvalue weighted by molar-refractivity contribution is 0.285. The van der Waals surface area contributed by atoms with Crippen molar-refractivity contribution in [3.8, 4) is 5.75 Å². The second kappa shape index (κ2) is 6.20. The maximum Gasteiger partial charge on any atom is 0.164 e. The van der Waals surface area contributed by atoms with E-state index in [0.717, 1.165) is 17.9 Å². The minimum absolute atomic E-state index is 0.359. The molecule has 6 heteroatoms. The van der Waals surface area contributed by atoms with Gasteiger partial charge in [-0.15, -0.1) is 0 Å². The van der Waals surface area contributed by atoms with E-state index < -0.39 is 0 Å². The van der Waals surface area contributed by atoms with Gasteiger partial charge in [0.05, 0.1) is 5.02 Å². The molecule has 0 amide bonds. The van der Waals surface area contributed by atoms with E-state index >= 15 is 0 Å². The Bertz CT molecular complexity index is 530. The number of alkyl halides is 1. The van der Waals surface area contributed by atoms with E-state index in [1.54, 1.807) is 4.68 Å². The first-order valence-electron chi connectivity index (χ1n) is 5.59. The van der Waals surface area contributed by atoms with Gasteiger partial charge in [-0.25, -0.2) is 9.67 Å². The minimum Gasteiger partial charge on any atom is -0.484 e. The summed E-state index contributed by atoms with van der Waals surface area (Å²) in [6.07, 6.45) is 1.53. The summed E-state index contributed by atoms with van der Waals surface area (Å²) in [4.78, 5) is 4.16. The lowest BCUT2D eigenvalue weighted by Crippen LogP contribution is -2.08. The van der Waals surface area contributed by atoms with Gasteiger partial charge in [-0.05, 0) is 13.0 Å². The highest BCUT2D eigenvalue weighted by Crippen LogP contribution is 2.30. The highest BCUT2D eigenvalue weighted by molar-refractivity contribution is 9.08. The SMILES string of the molecule is CCn1ncnc1COc1c(Cl)cccc1CBr. The lowest BCUT2D eigenvalue weighted by Gasteiger charge is -2.11. The van der Waals surface area contributed by atoms with E-state index in [1.165, 1.54) is 6.33 Å². The van der Waals surface area contributed by atoms with Gasteiger partial charge in [-0.1, -0.05) is 39.7 Å². The fourth-order valence-electron chi connectivity index (χ4n) is 1.62. The molecule has 0 atom stereocenters. The van der Waals surface area contributed by atoms with Crippen LogP contribution in [0.2, 0.25) is 5.02 Å². The van der Waals surface area contributed by atoms with E-state index in [2.05, 4.69) is 26.0 Å². The van der Waals surface area contributed by atoms with Gasteiger partial charge in [0.2, 0.25) is 0 Å². The van der Waals surface area contributed by atoms with E-state index in [4.69, 9.17) is 16.3 Å². The summed E-state index contributed by atoms with van der Waals surface area (Å²) in [5, 5.41) is 5.40. The monoisotopic (exact) mass is 329 g/mol. The molecule has 2 aromatic rings. The average Bonchev–Trinajstić information content (AvgIpc) is 2.84. The maximum absolute atomic E-state index is 6.13. The molecule has 1 aromatic carbocycles. The fraction of sp³-hybridized carbons (Fsp3) is 0.333. The van der Waals surface area contributed by atoms with Gasteiger partial charge in [-0.3, -0.25) is 0 Å². The van der Waals surface area contributed by atoms with Crippen LogP contribution in [-0.2, 0) is 18.5 Å². The van der Waals surface area contributed by atoms with Crippen molar-refractivity contribution in [1.82, 2.24) is 14.8 Å². The molecule has 0 saturated carbocycles. The van der Waals surface area contributed by atoms with Crippen LogP contribution in [0.15, 0.2) is 24.5 Å². The Hall–Kier alpha value is -1.07. The first kappa shape index (κ1) is 13.4. The zero-order valence-corrected chi connectivity index (χ0v) is 12.3. The number of rotatable bonds is 5. The van der Waals surface area contributed by atoms with Crippen molar-refractivity contribution in [2.24, 2.45) is 0 Å². The number of aryl methyl sites for hydroxylation is 1. The van der Waals surface area contributed by atoms with E-state index in [1.807, 2.05) is 25.1 Å². The molecule has 0 saturated heterocycles. The Morgan fingerprint density at radius 1 is 1.44 bits per heavy atom. The van der Waals surface area contributed by atoms with Crippen molar-refractivity contribution in [2.45, 2.75) is 25.4 Å². The van der Waals surface area contributed by atoms with Gasteiger partial charge in [0.1, 0.15) is 18.7 Å². The van der Waals surface area contributed by atoms with Crippen LogP contribution in [0, 0.1) is 0 Å². The Morgan fingerprint density at radius 3 is 3.00 bits per heavy atom. The molecule has 0 aliphatic heterocycles. The first-order chi connectivity index (χ1) is 8.76. The van der Waals surface area contributed by atoms with Crippen molar-refractivity contribution in [3.05, 3.63) is 40.9 Å². The van der Waals surface area contributed by atoms with Gasteiger partial charge >= 0.3 is 0 Å². The van der Waals surface area contributed by atoms with Crippen LogP contribution in [0.5, 0.6) is 5.75 Å². The largest absolute Gasteiger partial charge is 0.484 e. The van der Waals surface area contributed by atoms with Gasteiger partial charge in [-0.2, -0.15) is 5.10 Å². The number of aromatic nitrogens is 3. The third-order valence-electron chi connectivity index (χ3n) is 2.53. The molecule has 0 N–H and O–H groups in total. The molecule has 0 fully saturated rings. The molecule has 0 bridgehead atoms. The lowest BCUT2D eigenvalue weighted by atomic mass is 10.2. The molecule has 2 rings (SSSR count). The quantitative estimate of drug-likeness (QED) is 0.789. The van der Waals surface area contributed by atoms with E-state index in [-0.39, 0.29) is 0 Å². The van der Waals surface area contributed by atoms with Crippen LogP contribution in [0.1, 0.15) is 18.3 Å². The number of ether oxygens (including phenoxy) is 1. The van der Waals surface area contributed by atoms with Crippen molar-refractivity contribution < 1.29 is 4.74 Å². The molecule has 0 spiro atoms. The van der Waals surface area contributed by atoms with Crippen LogP contribution in [0.4, 0.5) is 0 Å². The molecule has 18 heavy (non-hydrogen) atoms. The van der Waals surface area contributed by atoms with Gasteiger partial charge in [0, 0.05) is 17.4 Å². The number of nitrogens with zero attached hydrogens (tertiary/aromatic N) is 3. The van der Waals surface area contributed by atoms with Crippen LogP contribution in [-0.4, -0.2) is 14.8 Å². The highest BCUT2D eigenvalue weighted by atomic mass is 79.9. The topological polar surface area (TPSA) is 39.9 Å². The zero-order valence-electron chi connectivity index (χ0n) is 9.94. The molecule has 0 unspecified atom stereocenters. The van der Waals surface area contributed by atoms with Crippen molar-refractivity contribution in [3.63, 3.8) is 0 Å². The normalized spacial score (nSPS) is 10.6. The number of hydrogen-bond acceptors (Lipinski definition) is 3. The zero-order chi connectivity index (χ0) is 13.0. The summed E-state index contributed by atoms with van der Waals surface area (Å²) >= 11 is 9.55. The fourth-order valence-corrected chi connectivity index (χ4v) is 2.31. The predicted octanol–water partition coefficient (Wildman–Crippen LogP) is 3.43. The second-order valence-corrected chi connectivity index (χ2v) is 4.61. The van der Waals surface area contributed by atoms with Crippen molar-refractivity contribution >= 4 is 27.5 Å². The number of hydrogen-bond donors (Lipinski definition) is 0. The Balaban J connectivity index is 2.15. The third kappa shape index (κ3) is 2.84. The molecule has 0 aliphatic rings. The maximum atomic E-state index is 6.13. The van der Waals surface area contributed by atoms with E-state index in [0.29, 0.717) is 22.7 Å². The minimum atomic E-state index is 0.359. The summed E-state index contributed by atoms with van der Waals surface area (Å²) in [5.74, 6) is 1.49. The smallest absolute Gasteiger partial charge is 0.164 e. The molecular weight excluding hydrogens is 318 g/mol. The number of para-hydroxylation sites is 1. The number of halogens is 2. The van der Waals surface area contributed by atoms with Crippen molar-refractivity contribution in [2.75, 3.05) is 0 Å². The van der Waals surface area contributed by atoms with Gasteiger partial charge in [0.15, 0.2) is 5.82 Å². The van der Waals surface area contributed by atoms with Gasteiger partial charge < -0.3 is 4.74 Å². The third-order valence-corrected chi connectivity index (χ3v) is 3.44. The Kier molecular flexibility index (Phi) is 4.60. The van der Waals surface area contributed by atoms with Crippen LogP contribution in [0.25, 0.3) is 0 Å². The molecular formula is C12H13BrClN3O. The Labute approximate surface area is 119 Å². The standard InChI is InChI=1S/C12H13BrClN3O/c1-2-17-11(15-8-16-17)7-18-12-9(6-13)4-3-5-10(12)14/h3-5,8H,2,6-7H2,1H3.